The van der Waals surface area contributed by atoms with E-state index in [1.54, 1.807) is 0 Å². The molecule has 2 aliphatic rings. The molecule has 0 radical (unpaired) electrons. The molecule has 2 fully saturated rings. The monoisotopic (exact) mass is 339 g/mol. The molecule has 1 aromatic carbocycles. The van der Waals surface area contributed by atoms with Crippen LogP contribution in [0, 0.1) is 5.92 Å². The van der Waals surface area contributed by atoms with Gasteiger partial charge in [0.05, 0.1) is 12.1 Å². The molecule has 1 aliphatic carbocycles. The molecule has 5 nitrogen and oxygen atoms in total. The first-order chi connectivity index (χ1) is 12.3. The van der Waals surface area contributed by atoms with Gasteiger partial charge >= 0.3 is 0 Å². The number of piperidine rings is 1. The van der Waals surface area contributed by atoms with Crippen LogP contribution in [0.4, 0.5) is 0 Å². The molecule has 25 heavy (non-hydrogen) atoms. The highest BCUT2D eigenvalue weighted by Gasteiger charge is 2.32. The molecule has 2 aromatic rings. The number of benzene rings is 1. The Morgan fingerprint density at radius 2 is 1.68 bits per heavy atom. The first kappa shape index (κ1) is 16.7. The van der Waals surface area contributed by atoms with Crippen molar-refractivity contribution in [1.82, 2.24) is 25.1 Å². The number of nitrogens with zero attached hydrogens (tertiary/aromatic N) is 5. The fourth-order valence-electron chi connectivity index (χ4n) is 4.41. The third kappa shape index (κ3) is 3.61. The van der Waals surface area contributed by atoms with E-state index in [0.29, 0.717) is 6.04 Å². The molecule has 134 valence electrons. The Kier molecular flexibility index (Phi) is 5.11. The van der Waals surface area contributed by atoms with Crippen molar-refractivity contribution in [3.05, 3.63) is 41.7 Å². The van der Waals surface area contributed by atoms with Crippen LogP contribution in [0.2, 0.25) is 0 Å². The normalized spacial score (nSPS) is 22.1. The van der Waals surface area contributed by atoms with Crippen molar-refractivity contribution < 1.29 is 0 Å². The summed E-state index contributed by atoms with van der Waals surface area (Å²) in [7, 11) is 0. The molecule has 2 heterocycles. The van der Waals surface area contributed by atoms with Gasteiger partial charge in [-0.1, -0.05) is 56.5 Å². The Bertz CT molecular complexity index is 654. The van der Waals surface area contributed by atoms with Gasteiger partial charge in [-0.05, 0) is 60.7 Å². The van der Waals surface area contributed by atoms with Crippen molar-refractivity contribution >= 4 is 0 Å². The van der Waals surface area contributed by atoms with Crippen LogP contribution >= 0.6 is 0 Å². The topological polar surface area (TPSA) is 46.8 Å². The summed E-state index contributed by atoms with van der Waals surface area (Å²) >= 11 is 0. The average molecular weight is 339 g/mol. The summed E-state index contributed by atoms with van der Waals surface area (Å²) in [5.41, 5.74) is 1.31. The molecular weight excluding hydrogens is 310 g/mol. The molecule has 0 bridgehead atoms. The number of likely N-dealkylation sites (tertiary alicyclic amines) is 1. The lowest BCUT2D eigenvalue weighted by atomic mass is 9.93. The summed E-state index contributed by atoms with van der Waals surface area (Å²) in [5, 5.41) is 13.0. The lowest BCUT2D eigenvalue weighted by Crippen LogP contribution is -2.38. The second-order valence-electron chi connectivity index (χ2n) is 7.81. The summed E-state index contributed by atoms with van der Waals surface area (Å²) in [4.78, 5) is 2.58. The Balaban J connectivity index is 1.68. The lowest BCUT2D eigenvalue weighted by Gasteiger charge is -2.37. The van der Waals surface area contributed by atoms with Crippen molar-refractivity contribution in [3.8, 4) is 0 Å². The average Bonchev–Trinajstić information content (AvgIpc) is 3.14. The highest BCUT2D eigenvalue weighted by molar-refractivity contribution is 5.25. The van der Waals surface area contributed by atoms with Crippen LogP contribution in [-0.2, 0) is 0 Å². The second-order valence-corrected chi connectivity index (χ2v) is 7.81. The molecule has 0 unspecified atom stereocenters. The van der Waals surface area contributed by atoms with Crippen molar-refractivity contribution in [3.63, 3.8) is 0 Å². The maximum Gasteiger partial charge on any atom is 0.173 e. The Morgan fingerprint density at radius 3 is 2.40 bits per heavy atom. The fourth-order valence-corrected chi connectivity index (χ4v) is 4.41. The van der Waals surface area contributed by atoms with Crippen LogP contribution in [0.15, 0.2) is 30.3 Å². The van der Waals surface area contributed by atoms with E-state index in [1.165, 1.54) is 50.5 Å². The zero-order chi connectivity index (χ0) is 17.1. The summed E-state index contributed by atoms with van der Waals surface area (Å²) in [6.07, 6.45) is 8.86. The standard InChI is InChI=1S/C20H29N5/c1-16-12-14-24(15-13-16)19(17-8-4-2-5-9-17)20-21-22-23-25(20)18-10-6-3-7-11-18/h2,4-5,8-9,16,18-19H,3,6-7,10-15H2,1H3/t19-/m0/s1. The van der Waals surface area contributed by atoms with Gasteiger partial charge in [0.1, 0.15) is 0 Å². The molecule has 0 spiro atoms. The third-order valence-electron chi connectivity index (χ3n) is 5.98. The van der Waals surface area contributed by atoms with E-state index in [4.69, 9.17) is 0 Å². The molecule has 0 amide bonds. The van der Waals surface area contributed by atoms with E-state index in [-0.39, 0.29) is 6.04 Å². The third-order valence-corrected chi connectivity index (χ3v) is 5.98. The van der Waals surface area contributed by atoms with Crippen LogP contribution in [0.25, 0.3) is 0 Å². The predicted molar refractivity (Wildman–Crippen MR) is 98.2 cm³/mol. The number of rotatable bonds is 4. The van der Waals surface area contributed by atoms with Crippen LogP contribution in [0.1, 0.15) is 75.3 Å². The van der Waals surface area contributed by atoms with Crippen LogP contribution < -0.4 is 0 Å². The van der Waals surface area contributed by atoms with E-state index >= 15 is 0 Å². The molecule has 1 aliphatic heterocycles. The molecule has 1 saturated heterocycles. The van der Waals surface area contributed by atoms with E-state index in [1.807, 2.05) is 0 Å². The number of hydrogen-bond acceptors (Lipinski definition) is 4. The number of hydrogen-bond donors (Lipinski definition) is 0. The summed E-state index contributed by atoms with van der Waals surface area (Å²) < 4.78 is 2.15. The van der Waals surface area contributed by atoms with E-state index in [2.05, 4.69) is 62.4 Å². The zero-order valence-corrected chi connectivity index (χ0v) is 15.2. The minimum Gasteiger partial charge on any atom is -0.290 e. The summed E-state index contributed by atoms with van der Waals surface area (Å²) in [5.74, 6) is 1.86. The Morgan fingerprint density at radius 1 is 0.960 bits per heavy atom. The minimum atomic E-state index is 0.172. The molecule has 0 N–H and O–H groups in total. The van der Waals surface area contributed by atoms with Gasteiger partial charge in [-0.25, -0.2) is 4.68 Å². The van der Waals surface area contributed by atoms with Crippen LogP contribution in [-0.4, -0.2) is 38.2 Å². The highest BCUT2D eigenvalue weighted by atomic mass is 15.6. The quantitative estimate of drug-likeness (QED) is 0.845. The molecule has 1 atom stereocenters. The van der Waals surface area contributed by atoms with Gasteiger partial charge in [0.25, 0.3) is 0 Å². The van der Waals surface area contributed by atoms with Crippen LogP contribution in [0.5, 0.6) is 0 Å². The smallest absolute Gasteiger partial charge is 0.173 e. The first-order valence-electron chi connectivity index (χ1n) is 9.89. The molecular formula is C20H29N5. The SMILES string of the molecule is CC1CCN([C@@H](c2ccccc2)c2nnnn2C2CCCCC2)CC1. The van der Waals surface area contributed by atoms with Gasteiger partial charge < -0.3 is 0 Å². The maximum atomic E-state index is 4.52. The highest BCUT2D eigenvalue weighted by Crippen LogP contribution is 2.34. The van der Waals surface area contributed by atoms with Gasteiger partial charge in [-0.15, -0.1) is 5.10 Å². The van der Waals surface area contributed by atoms with Gasteiger partial charge in [0.2, 0.25) is 0 Å². The van der Waals surface area contributed by atoms with Crippen molar-refractivity contribution in [2.45, 2.75) is 64.0 Å². The number of aromatic nitrogens is 4. The van der Waals surface area contributed by atoms with E-state index < -0.39 is 0 Å². The number of tetrazole rings is 1. The molecule has 1 aromatic heterocycles. The largest absolute Gasteiger partial charge is 0.290 e. The van der Waals surface area contributed by atoms with Gasteiger partial charge in [0, 0.05) is 0 Å². The molecule has 1 saturated carbocycles. The minimum absolute atomic E-state index is 0.172. The second kappa shape index (κ2) is 7.65. The van der Waals surface area contributed by atoms with Gasteiger partial charge in [-0.2, -0.15) is 0 Å². The molecule has 4 rings (SSSR count). The van der Waals surface area contributed by atoms with Crippen molar-refractivity contribution in [1.29, 1.82) is 0 Å². The fraction of sp³-hybridized carbons (Fsp3) is 0.650. The van der Waals surface area contributed by atoms with Crippen molar-refractivity contribution in [2.75, 3.05) is 13.1 Å². The lowest BCUT2D eigenvalue weighted by molar-refractivity contribution is 0.146. The zero-order valence-electron chi connectivity index (χ0n) is 15.2. The predicted octanol–water partition coefficient (Wildman–Crippen LogP) is 4.00. The van der Waals surface area contributed by atoms with Crippen LogP contribution in [0.3, 0.4) is 0 Å². The maximum absolute atomic E-state index is 4.52. The van der Waals surface area contributed by atoms with Gasteiger partial charge in [0.15, 0.2) is 5.82 Å². The van der Waals surface area contributed by atoms with E-state index in [0.717, 1.165) is 24.8 Å². The Hall–Kier alpha value is -1.75. The summed E-state index contributed by atoms with van der Waals surface area (Å²) in [6.45, 7) is 4.61. The Labute approximate surface area is 150 Å². The van der Waals surface area contributed by atoms with Gasteiger partial charge in [-0.3, -0.25) is 4.90 Å². The summed E-state index contributed by atoms with van der Waals surface area (Å²) in [6, 6.07) is 11.4. The molecule has 5 heteroatoms. The first-order valence-corrected chi connectivity index (χ1v) is 9.89. The van der Waals surface area contributed by atoms with Crippen molar-refractivity contribution in [2.24, 2.45) is 5.92 Å². The van der Waals surface area contributed by atoms with E-state index in [9.17, 15) is 0 Å².